The Morgan fingerprint density at radius 1 is 1.35 bits per heavy atom. The van der Waals surface area contributed by atoms with Crippen molar-refractivity contribution < 1.29 is 14.7 Å². The lowest BCUT2D eigenvalue weighted by Crippen LogP contribution is -2.38. The average Bonchev–Trinajstić information content (AvgIpc) is 2.84. The van der Waals surface area contributed by atoms with Gasteiger partial charge < -0.3 is 14.6 Å². The van der Waals surface area contributed by atoms with E-state index in [2.05, 4.69) is 10.2 Å². The van der Waals surface area contributed by atoms with E-state index in [1.165, 1.54) is 0 Å². The van der Waals surface area contributed by atoms with E-state index >= 15 is 0 Å². The van der Waals surface area contributed by atoms with Crippen molar-refractivity contribution >= 4 is 11.9 Å². The van der Waals surface area contributed by atoms with Crippen LogP contribution in [0.5, 0.6) is 0 Å². The van der Waals surface area contributed by atoms with Gasteiger partial charge in [-0.25, -0.2) is 0 Å². The Morgan fingerprint density at radius 3 is 2.60 bits per heavy atom. The molecule has 1 N–H and O–H groups in total. The van der Waals surface area contributed by atoms with Crippen molar-refractivity contribution in [3.63, 3.8) is 0 Å². The monoisotopic (exact) mass is 280 g/mol. The molecule has 1 aliphatic heterocycles. The van der Waals surface area contributed by atoms with Crippen molar-refractivity contribution in [2.45, 2.75) is 38.0 Å². The molecule has 0 bridgehead atoms. The van der Waals surface area contributed by atoms with E-state index in [1.54, 1.807) is 6.33 Å². The molecule has 0 aromatic carbocycles. The van der Waals surface area contributed by atoms with Gasteiger partial charge in [-0.3, -0.25) is 9.59 Å². The number of nitrogens with zero attached hydrogens (tertiary/aromatic N) is 4. The van der Waals surface area contributed by atoms with Crippen LogP contribution in [0.15, 0.2) is 6.33 Å². The molecule has 2 heterocycles. The molecule has 7 heteroatoms. The summed E-state index contributed by atoms with van der Waals surface area (Å²) in [6.07, 6.45) is 4.26. The van der Waals surface area contributed by atoms with Crippen LogP contribution in [-0.2, 0) is 16.6 Å². The quantitative estimate of drug-likeness (QED) is 0.861. The number of carbonyl (C=O) groups is 2. The molecule has 0 saturated carbocycles. The van der Waals surface area contributed by atoms with Crippen LogP contribution in [0.1, 0.15) is 43.8 Å². The summed E-state index contributed by atoms with van der Waals surface area (Å²) in [5.74, 6) is 0.537. The summed E-state index contributed by atoms with van der Waals surface area (Å²) in [5, 5.41) is 16.6. The van der Waals surface area contributed by atoms with Gasteiger partial charge in [-0.2, -0.15) is 0 Å². The summed E-state index contributed by atoms with van der Waals surface area (Å²) in [5.41, 5.74) is 0. The molecule has 0 aliphatic carbocycles. The van der Waals surface area contributed by atoms with E-state index < -0.39 is 5.97 Å². The Hall–Kier alpha value is -1.92. The number of aryl methyl sites for hydroxylation is 1. The molecule has 1 aromatic heterocycles. The van der Waals surface area contributed by atoms with Crippen molar-refractivity contribution in [3.05, 3.63) is 12.2 Å². The predicted molar refractivity (Wildman–Crippen MR) is 71.0 cm³/mol. The summed E-state index contributed by atoms with van der Waals surface area (Å²) in [7, 11) is 1.93. The van der Waals surface area contributed by atoms with Gasteiger partial charge in [-0.15, -0.1) is 10.2 Å². The molecule has 0 radical (unpaired) electrons. The van der Waals surface area contributed by atoms with E-state index in [4.69, 9.17) is 5.11 Å². The second-order valence-electron chi connectivity index (χ2n) is 5.20. The number of aromatic nitrogens is 3. The van der Waals surface area contributed by atoms with Gasteiger partial charge in [0.25, 0.3) is 0 Å². The fourth-order valence-corrected chi connectivity index (χ4v) is 2.60. The topological polar surface area (TPSA) is 88.3 Å². The van der Waals surface area contributed by atoms with Crippen LogP contribution in [0.3, 0.4) is 0 Å². The molecule has 110 valence electrons. The smallest absolute Gasteiger partial charge is 0.303 e. The predicted octanol–water partition coefficient (Wildman–Crippen LogP) is 0.776. The third-order valence-corrected chi connectivity index (χ3v) is 3.74. The summed E-state index contributed by atoms with van der Waals surface area (Å²) in [6, 6.07) is 0. The van der Waals surface area contributed by atoms with E-state index in [9.17, 15) is 9.59 Å². The fourth-order valence-electron chi connectivity index (χ4n) is 2.60. The lowest BCUT2D eigenvalue weighted by Gasteiger charge is -2.31. The molecular formula is C13H20N4O3. The number of likely N-dealkylation sites (tertiary alicyclic amines) is 1. The number of carboxylic acid groups (broad SMARTS) is 1. The van der Waals surface area contributed by atoms with E-state index in [-0.39, 0.29) is 12.3 Å². The zero-order valence-electron chi connectivity index (χ0n) is 11.7. The highest BCUT2D eigenvalue weighted by atomic mass is 16.4. The Labute approximate surface area is 117 Å². The molecule has 0 spiro atoms. The lowest BCUT2D eigenvalue weighted by atomic mass is 9.95. The van der Waals surface area contributed by atoms with Gasteiger partial charge in [0.2, 0.25) is 5.91 Å². The first-order valence-electron chi connectivity index (χ1n) is 6.91. The minimum Gasteiger partial charge on any atom is -0.481 e. The third kappa shape index (κ3) is 3.55. The van der Waals surface area contributed by atoms with Crippen LogP contribution in [0.4, 0.5) is 0 Å². The normalized spacial score (nSPS) is 16.4. The summed E-state index contributed by atoms with van der Waals surface area (Å²) >= 11 is 0. The van der Waals surface area contributed by atoms with Crippen LogP contribution in [-0.4, -0.2) is 49.7 Å². The second kappa shape index (κ2) is 6.49. The van der Waals surface area contributed by atoms with Gasteiger partial charge in [-0.05, 0) is 19.3 Å². The maximum absolute atomic E-state index is 11.9. The van der Waals surface area contributed by atoms with Crippen molar-refractivity contribution in [2.75, 3.05) is 13.1 Å². The van der Waals surface area contributed by atoms with Gasteiger partial charge in [0.1, 0.15) is 12.2 Å². The zero-order valence-corrected chi connectivity index (χ0v) is 11.7. The summed E-state index contributed by atoms with van der Waals surface area (Å²) in [6.45, 7) is 1.42. The number of hydrogen-bond acceptors (Lipinski definition) is 4. The standard InChI is InChI=1S/C13H20N4O3/c1-16-9-14-15-13(16)10-5-7-17(8-6-10)11(18)3-2-4-12(19)20/h9-10H,2-8H2,1H3,(H,19,20). The van der Waals surface area contributed by atoms with Gasteiger partial charge in [0.15, 0.2) is 0 Å². The van der Waals surface area contributed by atoms with Crippen LogP contribution >= 0.6 is 0 Å². The fraction of sp³-hybridized carbons (Fsp3) is 0.692. The molecule has 1 aromatic rings. The summed E-state index contributed by atoms with van der Waals surface area (Å²) < 4.78 is 1.93. The Kier molecular flexibility index (Phi) is 4.70. The highest BCUT2D eigenvalue weighted by molar-refractivity contribution is 5.77. The van der Waals surface area contributed by atoms with Crippen LogP contribution in [0, 0.1) is 0 Å². The van der Waals surface area contributed by atoms with Gasteiger partial charge in [-0.1, -0.05) is 0 Å². The molecule has 0 atom stereocenters. The SMILES string of the molecule is Cn1cnnc1C1CCN(C(=O)CCCC(=O)O)CC1. The Balaban J connectivity index is 1.78. The molecule has 7 nitrogen and oxygen atoms in total. The van der Waals surface area contributed by atoms with E-state index in [1.807, 2.05) is 16.5 Å². The van der Waals surface area contributed by atoms with Crippen LogP contribution in [0.2, 0.25) is 0 Å². The Bertz CT molecular complexity index is 478. The van der Waals surface area contributed by atoms with E-state index in [0.29, 0.717) is 31.8 Å². The highest BCUT2D eigenvalue weighted by Crippen LogP contribution is 2.26. The maximum Gasteiger partial charge on any atom is 0.303 e. The maximum atomic E-state index is 11.9. The lowest BCUT2D eigenvalue weighted by molar-refractivity contribution is -0.137. The molecule has 1 fully saturated rings. The minimum atomic E-state index is -0.848. The zero-order chi connectivity index (χ0) is 14.5. The van der Waals surface area contributed by atoms with Crippen molar-refractivity contribution in [1.82, 2.24) is 19.7 Å². The first-order chi connectivity index (χ1) is 9.58. The van der Waals surface area contributed by atoms with Crippen LogP contribution in [0.25, 0.3) is 0 Å². The minimum absolute atomic E-state index is 0.0567. The first kappa shape index (κ1) is 14.5. The number of piperidine rings is 1. The van der Waals surface area contributed by atoms with Crippen molar-refractivity contribution in [2.24, 2.45) is 7.05 Å². The Morgan fingerprint density at radius 2 is 2.05 bits per heavy atom. The van der Waals surface area contributed by atoms with Gasteiger partial charge >= 0.3 is 5.97 Å². The molecule has 1 aliphatic rings. The number of aliphatic carboxylic acids is 1. The van der Waals surface area contributed by atoms with Crippen molar-refractivity contribution in [1.29, 1.82) is 0 Å². The molecule has 20 heavy (non-hydrogen) atoms. The molecule has 0 unspecified atom stereocenters. The molecular weight excluding hydrogens is 260 g/mol. The summed E-state index contributed by atoms with van der Waals surface area (Å²) in [4.78, 5) is 24.2. The number of carboxylic acids is 1. The number of hydrogen-bond donors (Lipinski definition) is 1. The average molecular weight is 280 g/mol. The second-order valence-corrected chi connectivity index (χ2v) is 5.20. The van der Waals surface area contributed by atoms with Gasteiger partial charge in [0.05, 0.1) is 0 Å². The number of amides is 1. The first-order valence-corrected chi connectivity index (χ1v) is 6.91. The molecule has 1 amide bonds. The highest BCUT2D eigenvalue weighted by Gasteiger charge is 2.26. The number of carbonyl (C=O) groups excluding carboxylic acids is 1. The number of rotatable bonds is 5. The van der Waals surface area contributed by atoms with Crippen LogP contribution < -0.4 is 0 Å². The third-order valence-electron chi connectivity index (χ3n) is 3.74. The van der Waals surface area contributed by atoms with Crippen molar-refractivity contribution in [3.8, 4) is 0 Å². The largest absolute Gasteiger partial charge is 0.481 e. The van der Waals surface area contributed by atoms with E-state index in [0.717, 1.165) is 18.7 Å². The molecule has 2 rings (SSSR count). The molecule has 1 saturated heterocycles. The van der Waals surface area contributed by atoms with Gasteiger partial charge in [0, 0.05) is 38.9 Å².